The van der Waals surface area contributed by atoms with E-state index in [0.717, 1.165) is 5.92 Å². The van der Waals surface area contributed by atoms with Crippen LogP contribution in [0.3, 0.4) is 0 Å². The lowest BCUT2D eigenvalue weighted by Crippen LogP contribution is -2.46. The summed E-state index contributed by atoms with van der Waals surface area (Å²) in [7, 11) is 0. The molecule has 4 fully saturated rings. The smallest absolute Gasteiger partial charge is 0.234 e. The summed E-state index contributed by atoms with van der Waals surface area (Å²) in [6.45, 7) is 0.641. The lowest BCUT2D eigenvalue weighted by atomic mass is 9.95. The molecule has 0 aromatic carbocycles. The molecule has 2 atom stereocenters. The Morgan fingerprint density at radius 1 is 1.11 bits per heavy atom. The Morgan fingerprint density at radius 2 is 1.79 bits per heavy atom. The summed E-state index contributed by atoms with van der Waals surface area (Å²) in [5.41, 5.74) is 1.69. The van der Waals surface area contributed by atoms with Crippen LogP contribution in [0.4, 0.5) is 0 Å². The minimum Gasteiger partial charge on any atom is -0.352 e. The molecule has 0 aromatic rings. The van der Waals surface area contributed by atoms with Gasteiger partial charge < -0.3 is 5.32 Å². The van der Waals surface area contributed by atoms with Crippen molar-refractivity contribution in [1.82, 2.24) is 10.2 Å². The van der Waals surface area contributed by atoms with Crippen molar-refractivity contribution in [3.8, 4) is 0 Å². The Labute approximate surface area is 115 Å². The first-order valence-electron chi connectivity index (χ1n) is 8.02. The molecule has 2 unspecified atom stereocenters. The summed E-state index contributed by atoms with van der Waals surface area (Å²) >= 11 is 0. The minimum atomic E-state index is 0.258. The molecule has 0 radical (unpaired) electrons. The van der Waals surface area contributed by atoms with Gasteiger partial charge in [-0.15, -0.1) is 0 Å². The number of amides is 1. The van der Waals surface area contributed by atoms with E-state index in [1.807, 2.05) is 0 Å². The third-order valence-corrected chi connectivity index (χ3v) is 5.13. The first-order valence-corrected chi connectivity index (χ1v) is 8.02. The molecule has 4 aliphatic rings. The summed E-state index contributed by atoms with van der Waals surface area (Å²) in [4.78, 5) is 14.5. The van der Waals surface area contributed by atoms with Gasteiger partial charge in [-0.2, -0.15) is 0 Å². The third kappa shape index (κ3) is 2.71. The highest BCUT2D eigenvalue weighted by Gasteiger charge is 2.40. The predicted octanol–water partition coefficient (Wildman–Crippen LogP) is 2.23. The van der Waals surface area contributed by atoms with E-state index in [9.17, 15) is 4.79 Å². The molecule has 1 amide bonds. The molecular weight excluding hydrogens is 236 g/mol. The molecule has 104 valence electrons. The van der Waals surface area contributed by atoms with Crippen molar-refractivity contribution in [3.05, 3.63) is 11.6 Å². The van der Waals surface area contributed by atoms with E-state index in [2.05, 4.69) is 16.3 Å². The van der Waals surface area contributed by atoms with Gasteiger partial charge in [-0.25, -0.2) is 0 Å². The molecular formula is C16H24N2O. The summed E-state index contributed by atoms with van der Waals surface area (Å²) in [6, 6.07) is 1.79. The number of nitrogens with zero attached hydrogens (tertiary/aromatic N) is 1. The van der Waals surface area contributed by atoms with E-state index in [0.29, 0.717) is 24.7 Å². The number of allylic oxidation sites excluding steroid dienone is 1. The van der Waals surface area contributed by atoms with Crippen LogP contribution in [-0.2, 0) is 4.79 Å². The summed E-state index contributed by atoms with van der Waals surface area (Å²) in [5, 5.41) is 3.13. The van der Waals surface area contributed by atoms with Crippen molar-refractivity contribution in [2.75, 3.05) is 6.54 Å². The summed E-state index contributed by atoms with van der Waals surface area (Å²) < 4.78 is 0. The van der Waals surface area contributed by atoms with Crippen LogP contribution in [0, 0.1) is 5.92 Å². The molecule has 4 rings (SSSR count). The number of hydrogen-bond acceptors (Lipinski definition) is 2. The van der Waals surface area contributed by atoms with Crippen molar-refractivity contribution in [3.63, 3.8) is 0 Å². The van der Waals surface area contributed by atoms with Gasteiger partial charge in [-0.1, -0.05) is 11.6 Å². The van der Waals surface area contributed by atoms with Gasteiger partial charge in [0, 0.05) is 18.1 Å². The predicted molar refractivity (Wildman–Crippen MR) is 74.7 cm³/mol. The van der Waals surface area contributed by atoms with Crippen molar-refractivity contribution in [2.45, 2.75) is 69.5 Å². The van der Waals surface area contributed by atoms with Crippen LogP contribution in [0.2, 0.25) is 0 Å². The van der Waals surface area contributed by atoms with Crippen LogP contribution < -0.4 is 5.32 Å². The molecule has 2 aliphatic carbocycles. The largest absolute Gasteiger partial charge is 0.352 e. The van der Waals surface area contributed by atoms with E-state index >= 15 is 0 Å². The Hall–Kier alpha value is -0.830. The highest BCUT2D eigenvalue weighted by molar-refractivity contribution is 5.78. The lowest BCUT2D eigenvalue weighted by Gasteiger charge is -2.35. The van der Waals surface area contributed by atoms with Crippen LogP contribution >= 0.6 is 0 Å². The second-order valence-corrected chi connectivity index (χ2v) is 6.97. The van der Waals surface area contributed by atoms with Gasteiger partial charge in [0.1, 0.15) is 0 Å². The fourth-order valence-electron chi connectivity index (χ4n) is 3.80. The SMILES string of the molecule is O=C(CN1C2CCC1CC(=CC1CC1)C2)NC1CC1. The number of rotatable bonds is 4. The van der Waals surface area contributed by atoms with Crippen LogP contribution in [0.25, 0.3) is 0 Å². The highest BCUT2D eigenvalue weighted by Crippen LogP contribution is 2.41. The standard InChI is InChI=1S/C16H24N2O/c19-16(17-13-3-4-13)10-18-14-5-6-15(18)9-12(8-14)7-11-1-2-11/h7,11,13-15H,1-6,8-10H2,(H,17,19). The monoisotopic (exact) mass is 260 g/mol. The second-order valence-electron chi connectivity index (χ2n) is 6.97. The number of piperidine rings is 1. The van der Waals surface area contributed by atoms with Gasteiger partial charge in [0.2, 0.25) is 5.91 Å². The molecule has 19 heavy (non-hydrogen) atoms. The lowest BCUT2D eigenvalue weighted by molar-refractivity contribution is -0.123. The number of carbonyl (C=O) groups is 1. The Kier molecular flexibility index (Phi) is 2.91. The maximum absolute atomic E-state index is 12.0. The number of carbonyl (C=O) groups excluding carboxylic acids is 1. The summed E-state index contributed by atoms with van der Waals surface area (Å²) in [6.07, 6.45) is 12.8. The zero-order valence-electron chi connectivity index (χ0n) is 11.6. The minimum absolute atomic E-state index is 0.258. The van der Waals surface area contributed by atoms with Gasteiger partial charge in [0.05, 0.1) is 6.54 Å². The molecule has 2 aliphatic heterocycles. The number of nitrogens with one attached hydrogen (secondary N) is 1. The molecule has 2 bridgehead atoms. The Bertz CT molecular complexity index is 393. The maximum atomic E-state index is 12.0. The van der Waals surface area contributed by atoms with Gasteiger partial charge >= 0.3 is 0 Å². The highest BCUT2D eigenvalue weighted by atomic mass is 16.2. The topological polar surface area (TPSA) is 32.3 Å². The van der Waals surface area contributed by atoms with E-state index < -0.39 is 0 Å². The fourth-order valence-corrected chi connectivity index (χ4v) is 3.80. The first kappa shape index (κ1) is 12.0. The van der Waals surface area contributed by atoms with Crippen LogP contribution in [0.1, 0.15) is 51.4 Å². The second kappa shape index (κ2) is 4.62. The van der Waals surface area contributed by atoms with Crippen molar-refractivity contribution >= 4 is 5.91 Å². The summed E-state index contributed by atoms with van der Waals surface area (Å²) in [5.74, 6) is 1.16. The molecule has 1 N–H and O–H groups in total. The van der Waals surface area contributed by atoms with Crippen LogP contribution in [0.5, 0.6) is 0 Å². The van der Waals surface area contributed by atoms with Crippen LogP contribution in [0.15, 0.2) is 11.6 Å². The first-order chi connectivity index (χ1) is 9.28. The third-order valence-electron chi connectivity index (χ3n) is 5.13. The van der Waals surface area contributed by atoms with Crippen molar-refractivity contribution in [2.24, 2.45) is 5.92 Å². The van der Waals surface area contributed by atoms with Crippen LogP contribution in [-0.4, -0.2) is 35.5 Å². The van der Waals surface area contributed by atoms with E-state index in [1.54, 1.807) is 5.57 Å². The van der Waals surface area contributed by atoms with Gasteiger partial charge in [-0.05, 0) is 57.3 Å². The van der Waals surface area contributed by atoms with E-state index in [-0.39, 0.29) is 5.91 Å². The van der Waals surface area contributed by atoms with Crippen molar-refractivity contribution < 1.29 is 4.79 Å². The molecule has 2 saturated heterocycles. The Morgan fingerprint density at radius 3 is 2.37 bits per heavy atom. The van der Waals surface area contributed by atoms with E-state index in [4.69, 9.17) is 0 Å². The molecule has 3 nitrogen and oxygen atoms in total. The van der Waals surface area contributed by atoms with Gasteiger partial charge in [-0.3, -0.25) is 9.69 Å². The van der Waals surface area contributed by atoms with E-state index in [1.165, 1.54) is 51.4 Å². The zero-order valence-corrected chi connectivity index (χ0v) is 11.6. The molecule has 2 heterocycles. The van der Waals surface area contributed by atoms with Gasteiger partial charge in [0.25, 0.3) is 0 Å². The maximum Gasteiger partial charge on any atom is 0.234 e. The zero-order chi connectivity index (χ0) is 12.8. The quantitative estimate of drug-likeness (QED) is 0.786. The molecule has 0 aromatic heterocycles. The fraction of sp³-hybridized carbons (Fsp3) is 0.812. The average Bonchev–Trinajstić information content (AvgIpc) is 3.24. The Balaban J connectivity index is 1.37. The number of hydrogen-bond donors (Lipinski definition) is 1. The van der Waals surface area contributed by atoms with Gasteiger partial charge in [0.15, 0.2) is 0 Å². The normalized spacial score (nSPS) is 34.4. The molecule has 0 spiro atoms. The molecule has 3 heteroatoms. The van der Waals surface area contributed by atoms with Crippen molar-refractivity contribution in [1.29, 1.82) is 0 Å². The average molecular weight is 260 g/mol. The molecule has 2 saturated carbocycles. The number of fused-ring (bicyclic) bond motifs is 2.